The molecule has 0 amide bonds. The van der Waals surface area contributed by atoms with E-state index in [9.17, 15) is 8.42 Å². The third-order valence-electron chi connectivity index (χ3n) is 2.70. The van der Waals surface area contributed by atoms with E-state index in [2.05, 4.69) is 0 Å². The van der Waals surface area contributed by atoms with E-state index in [0.29, 0.717) is 6.61 Å². The van der Waals surface area contributed by atoms with Gasteiger partial charge in [0.25, 0.3) is 10.1 Å². The van der Waals surface area contributed by atoms with Gasteiger partial charge < -0.3 is 15.2 Å². The van der Waals surface area contributed by atoms with Gasteiger partial charge in [0, 0.05) is 19.8 Å². The van der Waals surface area contributed by atoms with Crippen LogP contribution in [-0.2, 0) is 19.6 Å². The van der Waals surface area contributed by atoms with Crippen LogP contribution in [0.2, 0.25) is 0 Å². The number of hydrogen-bond donors (Lipinski definition) is 2. The lowest BCUT2D eigenvalue weighted by Gasteiger charge is -2.26. The molecular formula is C12H19NO5S. The van der Waals surface area contributed by atoms with Crippen LogP contribution in [0.5, 0.6) is 0 Å². The van der Waals surface area contributed by atoms with Crippen molar-refractivity contribution in [3.8, 4) is 0 Å². The molecule has 0 radical (unpaired) electrons. The van der Waals surface area contributed by atoms with Crippen molar-refractivity contribution in [1.29, 1.82) is 0 Å². The maximum absolute atomic E-state index is 10.4. The van der Waals surface area contributed by atoms with Gasteiger partial charge in [-0.05, 0) is 18.6 Å². The topological polar surface area (TPSA) is 98.9 Å². The Morgan fingerprint density at radius 1 is 1.37 bits per heavy atom. The van der Waals surface area contributed by atoms with Crippen molar-refractivity contribution in [2.75, 3.05) is 20.3 Å². The zero-order valence-electron chi connectivity index (χ0n) is 10.7. The van der Waals surface area contributed by atoms with Gasteiger partial charge >= 0.3 is 0 Å². The number of hydrogen-bond acceptors (Lipinski definition) is 5. The van der Waals surface area contributed by atoms with Gasteiger partial charge in [-0.2, -0.15) is 8.42 Å². The summed E-state index contributed by atoms with van der Waals surface area (Å²) >= 11 is 0. The Morgan fingerprint density at radius 3 is 2.37 bits per heavy atom. The molecule has 7 heteroatoms. The highest BCUT2D eigenvalue weighted by molar-refractivity contribution is 7.85. The van der Waals surface area contributed by atoms with Crippen LogP contribution >= 0.6 is 0 Å². The predicted octanol–water partition coefficient (Wildman–Crippen LogP) is 0.682. The van der Waals surface area contributed by atoms with Crippen LogP contribution in [0.3, 0.4) is 0 Å². The molecule has 0 aliphatic carbocycles. The van der Waals surface area contributed by atoms with Gasteiger partial charge in [0.15, 0.2) is 0 Å². The fourth-order valence-corrected chi connectivity index (χ4v) is 2.06. The lowest BCUT2D eigenvalue weighted by molar-refractivity contribution is -0.0411. The van der Waals surface area contributed by atoms with E-state index in [-0.39, 0.29) is 17.0 Å². The SMILES string of the molecule is CO[C@@H]1COCC[C@@H]1N.O=S(=O)(O)c1ccccc1. The Morgan fingerprint density at radius 2 is 2.00 bits per heavy atom. The molecule has 3 N–H and O–H groups in total. The minimum absolute atomic E-state index is 0.0741. The molecule has 1 aliphatic heterocycles. The number of nitrogens with two attached hydrogens (primary N) is 1. The van der Waals surface area contributed by atoms with Crippen molar-refractivity contribution in [1.82, 2.24) is 0 Å². The van der Waals surface area contributed by atoms with Gasteiger partial charge in [-0.1, -0.05) is 18.2 Å². The average Bonchev–Trinajstić information content (AvgIpc) is 2.40. The Kier molecular flexibility index (Phi) is 6.40. The van der Waals surface area contributed by atoms with E-state index in [4.69, 9.17) is 19.8 Å². The van der Waals surface area contributed by atoms with Crippen LogP contribution in [0, 0.1) is 0 Å². The lowest BCUT2D eigenvalue weighted by atomic mass is 10.1. The normalized spacial score (nSPS) is 23.3. The fraction of sp³-hybridized carbons (Fsp3) is 0.500. The van der Waals surface area contributed by atoms with Crippen LogP contribution in [0.15, 0.2) is 35.2 Å². The molecule has 1 aromatic rings. The maximum Gasteiger partial charge on any atom is 0.294 e. The third kappa shape index (κ3) is 5.66. The quantitative estimate of drug-likeness (QED) is 0.777. The minimum Gasteiger partial charge on any atom is -0.379 e. The Labute approximate surface area is 113 Å². The maximum atomic E-state index is 10.4. The largest absolute Gasteiger partial charge is 0.379 e. The number of methoxy groups -OCH3 is 1. The summed E-state index contributed by atoms with van der Waals surface area (Å²) in [6.45, 7) is 1.43. The van der Waals surface area contributed by atoms with Crippen LogP contribution < -0.4 is 5.73 Å². The van der Waals surface area contributed by atoms with E-state index >= 15 is 0 Å². The summed E-state index contributed by atoms with van der Waals surface area (Å²) in [5.41, 5.74) is 5.68. The number of rotatable bonds is 2. The monoisotopic (exact) mass is 289 g/mol. The molecule has 1 saturated heterocycles. The number of benzene rings is 1. The third-order valence-corrected chi connectivity index (χ3v) is 3.57. The van der Waals surface area contributed by atoms with E-state index in [1.165, 1.54) is 12.1 Å². The van der Waals surface area contributed by atoms with Crippen LogP contribution in [-0.4, -0.2) is 45.4 Å². The standard InChI is InChI=1S/C6H13NO2.C6H6O3S/c1-8-6-4-9-3-2-5(6)7;7-10(8,9)6-4-2-1-3-5-6/h5-6H,2-4,7H2,1H3;1-5H,(H,7,8,9)/t5-,6+;/m0./s1. The highest BCUT2D eigenvalue weighted by Crippen LogP contribution is 2.07. The minimum atomic E-state index is -4.00. The summed E-state index contributed by atoms with van der Waals surface area (Å²) < 4.78 is 39.4. The summed E-state index contributed by atoms with van der Waals surface area (Å²) in [4.78, 5) is -0.0741. The molecule has 0 bridgehead atoms. The van der Waals surface area contributed by atoms with E-state index < -0.39 is 10.1 Å². The molecule has 19 heavy (non-hydrogen) atoms. The number of ether oxygens (including phenoxy) is 2. The van der Waals surface area contributed by atoms with Crippen LogP contribution in [0.25, 0.3) is 0 Å². The van der Waals surface area contributed by atoms with Crippen molar-refractivity contribution in [2.24, 2.45) is 5.73 Å². The van der Waals surface area contributed by atoms with E-state index in [0.717, 1.165) is 13.0 Å². The Balaban J connectivity index is 0.000000191. The summed E-state index contributed by atoms with van der Waals surface area (Å²) in [5, 5.41) is 0. The first kappa shape index (κ1) is 16.1. The molecule has 0 saturated carbocycles. The fourth-order valence-electron chi connectivity index (χ4n) is 1.56. The van der Waals surface area contributed by atoms with Gasteiger partial charge in [0.2, 0.25) is 0 Å². The second kappa shape index (κ2) is 7.56. The van der Waals surface area contributed by atoms with Gasteiger partial charge in [-0.25, -0.2) is 0 Å². The highest BCUT2D eigenvalue weighted by atomic mass is 32.2. The molecule has 0 unspecified atom stereocenters. The molecule has 2 atom stereocenters. The van der Waals surface area contributed by atoms with Crippen molar-refractivity contribution in [3.63, 3.8) is 0 Å². The molecule has 1 aromatic carbocycles. The van der Waals surface area contributed by atoms with Gasteiger partial charge in [-0.15, -0.1) is 0 Å². The summed E-state index contributed by atoms with van der Waals surface area (Å²) in [6, 6.07) is 7.59. The van der Waals surface area contributed by atoms with Crippen LogP contribution in [0.4, 0.5) is 0 Å². The second-order valence-corrected chi connectivity index (χ2v) is 5.51. The van der Waals surface area contributed by atoms with Crippen molar-refractivity contribution in [2.45, 2.75) is 23.5 Å². The summed E-state index contributed by atoms with van der Waals surface area (Å²) in [5.74, 6) is 0. The zero-order valence-corrected chi connectivity index (χ0v) is 11.5. The van der Waals surface area contributed by atoms with Crippen molar-refractivity contribution >= 4 is 10.1 Å². The van der Waals surface area contributed by atoms with E-state index in [1.54, 1.807) is 25.3 Å². The van der Waals surface area contributed by atoms with Gasteiger partial charge in [0.05, 0.1) is 17.6 Å². The zero-order chi connectivity index (χ0) is 14.3. The highest BCUT2D eigenvalue weighted by Gasteiger charge is 2.21. The van der Waals surface area contributed by atoms with Crippen molar-refractivity contribution in [3.05, 3.63) is 30.3 Å². The second-order valence-electron chi connectivity index (χ2n) is 4.09. The Hall–Kier alpha value is -0.990. The molecule has 2 rings (SSSR count). The first-order valence-corrected chi connectivity index (χ1v) is 7.28. The molecule has 108 valence electrons. The molecule has 1 fully saturated rings. The van der Waals surface area contributed by atoms with E-state index in [1.807, 2.05) is 0 Å². The molecular weight excluding hydrogens is 270 g/mol. The predicted molar refractivity (Wildman–Crippen MR) is 70.5 cm³/mol. The first-order chi connectivity index (χ1) is 8.95. The summed E-state index contributed by atoms with van der Waals surface area (Å²) in [7, 11) is -2.34. The van der Waals surface area contributed by atoms with Gasteiger partial charge in [0.1, 0.15) is 0 Å². The van der Waals surface area contributed by atoms with Crippen molar-refractivity contribution < 1.29 is 22.4 Å². The molecule has 6 nitrogen and oxygen atoms in total. The molecule has 1 heterocycles. The average molecular weight is 289 g/mol. The first-order valence-electron chi connectivity index (χ1n) is 5.84. The Bertz CT molecular complexity index is 462. The lowest BCUT2D eigenvalue weighted by Crippen LogP contribution is -2.43. The smallest absolute Gasteiger partial charge is 0.294 e. The molecule has 0 aromatic heterocycles. The van der Waals surface area contributed by atoms with Crippen LogP contribution in [0.1, 0.15) is 6.42 Å². The summed E-state index contributed by atoms with van der Waals surface area (Å²) in [6.07, 6.45) is 1.03. The van der Waals surface area contributed by atoms with Gasteiger partial charge in [-0.3, -0.25) is 4.55 Å². The molecule has 0 spiro atoms. The molecule has 1 aliphatic rings.